The molecule has 0 fully saturated rings. The molecular weight excluding hydrogens is 212 g/mol. The van der Waals surface area contributed by atoms with Crippen molar-refractivity contribution in [3.63, 3.8) is 0 Å². The Balaban J connectivity index is 2.36. The van der Waals surface area contributed by atoms with Gasteiger partial charge in [0.2, 0.25) is 0 Å². The maximum absolute atomic E-state index is 5.32. The van der Waals surface area contributed by atoms with Crippen LogP contribution in [0, 0.1) is 5.92 Å². The van der Waals surface area contributed by atoms with Crippen LogP contribution < -0.4 is 16.6 Å². The number of rotatable bonds is 7. The van der Waals surface area contributed by atoms with E-state index >= 15 is 0 Å². The van der Waals surface area contributed by atoms with Crippen LogP contribution in [0.15, 0.2) is 18.2 Å². The first-order valence-electron chi connectivity index (χ1n) is 6.32. The molecule has 4 nitrogen and oxygen atoms in total. The maximum Gasteiger partial charge on any atom is 0.142 e. The molecule has 1 aromatic heterocycles. The summed E-state index contributed by atoms with van der Waals surface area (Å²) in [5, 5.41) is 3.38. The second kappa shape index (κ2) is 7.12. The molecule has 0 saturated heterocycles. The fourth-order valence-electron chi connectivity index (χ4n) is 1.75. The van der Waals surface area contributed by atoms with E-state index in [9.17, 15) is 0 Å². The van der Waals surface area contributed by atoms with E-state index in [1.54, 1.807) is 0 Å². The molecule has 0 aliphatic heterocycles. The summed E-state index contributed by atoms with van der Waals surface area (Å²) in [5.41, 5.74) is 2.55. The summed E-state index contributed by atoms with van der Waals surface area (Å²) in [6, 6.07) is 6.18. The zero-order valence-electron chi connectivity index (χ0n) is 11.0. The molecular formula is C13H24N4. The number of hydrazine groups is 1. The molecule has 17 heavy (non-hydrogen) atoms. The number of nitrogens with two attached hydrogens (primary N) is 1. The quantitative estimate of drug-likeness (QED) is 0.503. The molecule has 0 amide bonds. The lowest BCUT2D eigenvalue weighted by Gasteiger charge is -2.15. The third-order valence-corrected chi connectivity index (χ3v) is 2.71. The minimum atomic E-state index is 0.439. The molecule has 4 heteroatoms. The first kappa shape index (κ1) is 13.8. The van der Waals surface area contributed by atoms with E-state index in [2.05, 4.69) is 36.5 Å². The topological polar surface area (TPSA) is 63.0 Å². The molecule has 1 atom stereocenters. The summed E-state index contributed by atoms with van der Waals surface area (Å²) in [6.07, 6.45) is 3.70. The zero-order valence-corrected chi connectivity index (χ0v) is 11.0. The van der Waals surface area contributed by atoms with E-state index < -0.39 is 0 Å². The molecule has 1 heterocycles. The highest BCUT2D eigenvalue weighted by Crippen LogP contribution is 2.13. The van der Waals surface area contributed by atoms with Crippen LogP contribution in [-0.4, -0.2) is 11.0 Å². The fourth-order valence-corrected chi connectivity index (χ4v) is 1.75. The predicted octanol–water partition coefficient (Wildman–Crippen LogP) is 2.99. The Morgan fingerprint density at radius 2 is 1.88 bits per heavy atom. The van der Waals surface area contributed by atoms with Crippen molar-refractivity contribution in [1.29, 1.82) is 0 Å². The minimum absolute atomic E-state index is 0.439. The van der Waals surface area contributed by atoms with E-state index in [0.717, 1.165) is 11.7 Å². The predicted molar refractivity (Wildman–Crippen MR) is 73.8 cm³/mol. The number of nitrogens with one attached hydrogen (secondary N) is 2. The monoisotopic (exact) mass is 236 g/mol. The molecule has 1 unspecified atom stereocenters. The molecule has 0 aliphatic rings. The average molecular weight is 236 g/mol. The number of nitrogens with zero attached hydrogens (tertiary/aromatic N) is 1. The number of hydrogen-bond acceptors (Lipinski definition) is 4. The highest BCUT2D eigenvalue weighted by atomic mass is 15.3. The van der Waals surface area contributed by atoms with Crippen molar-refractivity contribution in [3.05, 3.63) is 18.2 Å². The van der Waals surface area contributed by atoms with Gasteiger partial charge >= 0.3 is 0 Å². The third-order valence-electron chi connectivity index (χ3n) is 2.71. The number of pyridine rings is 1. The van der Waals surface area contributed by atoms with Gasteiger partial charge in [-0.05, 0) is 31.4 Å². The Labute approximate surface area is 104 Å². The van der Waals surface area contributed by atoms with Crippen LogP contribution in [0.2, 0.25) is 0 Å². The lowest BCUT2D eigenvalue weighted by atomic mass is 10.0. The van der Waals surface area contributed by atoms with Gasteiger partial charge in [-0.3, -0.25) is 0 Å². The third kappa shape index (κ3) is 5.54. The van der Waals surface area contributed by atoms with Gasteiger partial charge in [-0.25, -0.2) is 10.8 Å². The largest absolute Gasteiger partial charge is 0.368 e. The van der Waals surface area contributed by atoms with Gasteiger partial charge in [0.15, 0.2) is 0 Å². The van der Waals surface area contributed by atoms with Crippen molar-refractivity contribution in [2.24, 2.45) is 11.8 Å². The van der Waals surface area contributed by atoms with Crippen LogP contribution in [-0.2, 0) is 0 Å². The first-order chi connectivity index (χ1) is 8.11. The first-order valence-corrected chi connectivity index (χ1v) is 6.32. The van der Waals surface area contributed by atoms with Crippen molar-refractivity contribution in [3.8, 4) is 0 Å². The highest BCUT2D eigenvalue weighted by Gasteiger charge is 2.04. The second-order valence-electron chi connectivity index (χ2n) is 4.92. The van der Waals surface area contributed by atoms with E-state index in [1.165, 1.54) is 19.3 Å². The van der Waals surface area contributed by atoms with E-state index in [0.29, 0.717) is 11.9 Å². The average Bonchev–Trinajstić information content (AvgIpc) is 2.28. The van der Waals surface area contributed by atoms with Crippen molar-refractivity contribution in [2.75, 3.05) is 10.7 Å². The normalized spacial score (nSPS) is 12.5. The number of aromatic nitrogens is 1. The van der Waals surface area contributed by atoms with Crippen molar-refractivity contribution >= 4 is 11.6 Å². The SMILES string of the molecule is CC(C)CCCC(C)Nc1cccc(NN)n1. The van der Waals surface area contributed by atoms with Gasteiger partial charge in [0, 0.05) is 6.04 Å². The standard InChI is InChI=1S/C13H24N4/c1-10(2)6-4-7-11(3)15-12-8-5-9-13(16-12)17-14/h5,8-11H,4,6-7,14H2,1-3H3,(H2,15,16,17). The van der Waals surface area contributed by atoms with Crippen molar-refractivity contribution in [1.82, 2.24) is 4.98 Å². The van der Waals surface area contributed by atoms with Crippen LogP contribution in [0.5, 0.6) is 0 Å². The van der Waals surface area contributed by atoms with Gasteiger partial charge in [0.05, 0.1) is 0 Å². The minimum Gasteiger partial charge on any atom is -0.368 e. The summed E-state index contributed by atoms with van der Waals surface area (Å²) in [7, 11) is 0. The molecule has 1 rings (SSSR count). The Morgan fingerprint density at radius 3 is 2.53 bits per heavy atom. The molecule has 0 bridgehead atoms. The number of nitrogen functional groups attached to an aromatic ring is 1. The van der Waals surface area contributed by atoms with Gasteiger partial charge in [-0.2, -0.15) is 0 Å². The van der Waals surface area contributed by atoms with Crippen molar-refractivity contribution < 1.29 is 0 Å². The number of anilines is 2. The van der Waals surface area contributed by atoms with E-state index in [-0.39, 0.29) is 0 Å². The highest BCUT2D eigenvalue weighted by molar-refractivity contribution is 5.44. The Morgan fingerprint density at radius 1 is 1.18 bits per heavy atom. The molecule has 1 aromatic rings. The summed E-state index contributed by atoms with van der Waals surface area (Å²) in [5.74, 6) is 7.66. The van der Waals surface area contributed by atoms with Gasteiger partial charge in [0.1, 0.15) is 11.6 Å². The smallest absolute Gasteiger partial charge is 0.142 e. The van der Waals surface area contributed by atoms with Crippen molar-refractivity contribution in [2.45, 2.75) is 46.1 Å². The van der Waals surface area contributed by atoms with Crippen LogP contribution >= 0.6 is 0 Å². The van der Waals surface area contributed by atoms with Crippen LogP contribution in [0.25, 0.3) is 0 Å². The molecule has 0 aliphatic carbocycles. The lowest BCUT2D eigenvalue weighted by Crippen LogP contribution is -2.17. The molecule has 0 aromatic carbocycles. The summed E-state index contributed by atoms with van der Waals surface area (Å²) < 4.78 is 0. The molecule has 0 spiro atoms. The fraction of sp³-hybridized carbons (Fsp3) is 0.615. The number of hydrogen-bond donors (Lipinski definition) is 3. The Hall–Kier alpha value is -1.29. The Kier molecular flexibility index (Phi) is 5.77. The van der Waals surface area contributed by atoms with Crippen LogP contribution in [0.1, 0.15) is 40.0 Å². The lowest BCUT2D eigenvalue weighted by molar-refractivity contribution is 0.520. The molecule has 0 radical (unpaired) electrons. The van der Waals surface area contributed by atoms with Gasteiger partial charge in [0.25, 0.3) is 0 Å². The summed E-state index contributed by atoms with van der Waals surface area (Å²) >= 11 is 0. The molecule has 0 saturated carbocycles. The van der Waals surface area contributed by atoms with Gasteiger partial charge in [-0.1, -0.05) is 32.8 Å². The van der Waals surface area contributed by atoms with E-state index in [4.69, 9.17) is 5.84 Å². The van der Waals surface area contributed by atoms with Crippen LogP contribution in [0.3, 0.4) is 0 Å². The second-order valence-corrected chi connectivity index (χ2v) is 4.92. The van der Waals surface area contributed by atoms with Crippen LogP contribution in [0.4, 0.5) is 11.6 Å². The van der Waals surface area contributed by atoms with E-state index in [1.807, 2.05) is 18.2 Å². The zero-order chi connectivity index (χ0) is 12.7. The summed E-state index contributed by atoms with van der Waals surface area (Å²) in [4.78, 5) is 4.33. The maximum atomic E-state index is 5.32. The summed E-state index contributed by atoms with van der Waals surface area (Å²) in [6.45, 7) is 6.70. The Bertz CT molecular complexity index is 325. The molecule has 96 valence electrons. The molecule has 4 N–H and O–H groups in total. The van der Waals surface area contributed by atoms with Gasteiger partial charge in [-0.15, -0.1) is 0 Å². The van der Waals surface area contributed by atoms with Gasteiger partial charge < -0.3 is 10.7 Å².